The molecule has 0 saturated carbocycles. The van der Waals surface area contributed by atoms with E-state index in [4.69, 9.17) is 4.74 Å². The minimum absolute atomic E-state index is 0.267. The van der Waals surface area contributed by atoms with Crippen LogP contribution in [0, 0.1) is 6.92 Å². The molecule has 0 radical (unpaired) electrons. The molecule has 2 N–H and O–H groups in total. The summed E-state index contributed by atoms with van der Waals surface area (Å²) in [6.07, 6.45) is 7.39. The van der Waals surface area contributed by atoms with Crippen molar-refractivity contribution >= 4 is 12.0 Å². The monoisotopic (exact) mass is 419 g/mol. The number of hydrogen-bond acceptors (Lipinski definition) is 4. The fourth-order valence-electron chi connectivity index (χ4n) is 3.28. The Morgan fingerprint density at radius 2 is 2.00 bits per heavy atom. The number of ether oxygens (including phenoxy) is 1. The van der Waals surface area contributed by atoms with Gasteiger partial charge in [0.15, 0.2) is 0 Å². The minimum atomic E-state index is -1.06. The number of aromatic nitrogens is 2. The zero-order valence-electron chi connectivity index (χ0n) is 18.4. The molecule has 0 aliphatic heterocycles. The number of aliphatic hydroxyl groups is 1. The highest BCUT2D eigenvalue weighted by molar-refractivity contribution is 5.92. The van der Waals surface area contributed by atoms with Gasteiger partial charge in [0.25, 0.3) is 0 Å². The Bertz CT molecular complexity index is 1050. The van der Waals surface area contributed by atoms with E-state index in [0.29, 0.717) is 12.2 Å². The Morgan fingerprint density at radius 3 is 2.61 bits per heavy atom. The summed E-state index contributed by atoms with van der Waals surface area (Å²) in [5.74, 6) is 0.412. The number of benzene rings is 2. The minimum Gasteiger partial charge on any atom is -0.495 e. The predicted molar refractivity (Wildman–Crippen MR) is 122 cm³/mol. The molecule has 6 nitrogen and oxygen atoms in total. The molecule has 3 rings (SSSR count). The lowest BCUT2D eigenvalue weighted by molar-refractivity contribution is -0.119. The van der Waals surface area contributed by atoms with Crippen LogP contribution in [0.3, 0.4) is 0 Å². The number of methoxy groups -OCH3 is 1. The topological polar surface area (TPSA) is 76.4 Å². The Kier molecular flexibility index (Phi) is 6.92. The van der Waals surface area contributed by atoms with Crippen LogP contribution in [-0.2, 0) is 11.2 Å². The van der Waals surface area contributed by atoms with Crippen LogP contribution in [0.2, 0.25) is 0 Å². The fourth-order valence-corrected chi connectivity index (χ4v) is 3.28. The number of nitrogens with one attached hydrogen (secondary N) is 1. The van der Waals surface area contributed by atoms with Crippen LogP contribution >= 0.6 is 0 Å². The van der Waals surface area contributed by atoms with E-state index in [9.17, 15) is 9.90 Å². The van der Waals surface area contributed by atoms with Crippen molar-refractivity contribution in [2.75, 3.05) is 7.11 Å². The van der Waals surface area contributed by atoms with E-state index in [-0.39, 0.29) is 5.91 Å². The smallest absolute Gasteiger partial charge is 0.244 e. The number of nitrogens with zero attached hydrogens (tertiary/aromatic N) is 2. The van der Waals surface area contributed by atoms with Crippen LogP contribution in [0.15, 0.2) is 67.1 Å². The summed E-state index contributed by atoms with van der Waals surface area (Å²) in [5, 5.41) is 13.4. The van der Waals surface area contributed by atoms with Crippen LogP contribution in [0.4, 0.5) is 0 Å². The molecule has 2 aromatic carbocycles. The standard InChI is InChI=1S/C25H29N3O3/c1-18-16-28(17-26-18)21-12-10-20(14-22(21)31-4)11-13-24(29)27-23(25(2,3)30)15-19-8-6-5-7-9-19/h5-14,16-17,23,30H,15H2,1-4H3,(H,27,29). The van der Waals surface area contributed by atoms with Gasteiger partial charge in [0.1, 0.15) is 5.75 Å². The molecule has 0 saturated heterocycles. The van der Waals surface area contributed by atoms with Crippen molar-refractivity contribution < 1.29 is 14.6 Å². The molecule has 162 valence electrons. The van der Waals surface area contributed by atoms with Gasteiger partial charge in [0.2, 0.25) is 5.91 Å². The lowest BCUT2D eigenvalue weighted by Gasteiger charge is -2.30. The van der Waals surface area contributed by atoms with E-state index in [2.05, 4.69) is 10.3 Å². The lowest BCUT2D eigenvalue weighted by atomic mass is 9.92. The van der Waals surface area contributed by atoms with Crippen molar-refractivity contribution in [3.8, 4) is 11.4 Å². The second-order valence-corrected chi connectivity index (χ2v) is 8.09. The summed E-state index contributed by atoms with van der Waals surface area (Å²) in [5.41, 5.74) is 2.60. The molecule has 3 aromatic rings. The molecule has 1 amide bonds. The molecule has 6 heteroatoms. The van der Waals surface area contributed by atoms with Crippen LogP contribution < -0.4 is 10.1 Å². The third kappa shape index (κ3) is 6.06. The summed E-state index contributed by atoms with van der Waals surface area (Å²) < 4.78 is 7.41. The van der Waals surface area contributed by atoms with Gasteiger partial charge in [0.05, 0.1) is 36.5 Å². The fraction of sp³-hybridized carbons (Fsp3) is 0.280. The zero-order valence-corrected chi connectivity index (χ0v) is 18.4. The first-order valence-corrected chi connectivity index (χ1v) is 10.2. The number of aryl methyl sites for hydroxylation is 1. The Labute approximate surface area is 183 Å². The molecule has 0 aliphatic carbocycles. The Balaban J connectivity index is 1.72. The SMILES string of the molecule is COc1cc(C=CC(=O)NC(Cc2ccccc2)C(C)(C)O)ccc1-n1cnc(C)c1. The van der Waals surface area contributed by atoms with Gasteiger partial charge in [-0.15, -0.1) is 0 Å². The maximum absolute atomic E-state index is 12.6. The highest BCUT2D eigenvalue weighted by atomic mass is 16.5. The van der Waals surface area contributed by atoms with E-state index in [1.165, 1.54) is 6.08 Å². The number of carbonyl (C=O) groups excluding carboxylic acids is 1. The van der Waals surface area contributed by atoms with E-state index in [1.807, 2.05) is 66.2 Å². The normalized spacial score (nSPS) is 12.7. The molecule has 1 aromatic heterocycles. The van der Waals surface area contributed by atoms with Gasteiger partial charge in [-0.3, -0.25) is 4.79 Å². The number of amides is 1. The van der Waals surface area contributed by atoms with Crippen molar-refractivity contribution in [1.29, 1.82) is 0 Å². The molecule has 1 unspecified atom stereocenters. The molecule has 0 fully saturated rings. The molecular formula is C25H29N3O3. The predicted octanol–water partition coefficient (Wildman–Crippen LogP) is 3.70. The first kappa shape index (κ1) is 22.3. The Morgan fingerprint density at radius 1 is 1.26 bits per heavy atom. The van der Waals surface area contributed by atoms with Crippen LogP contribution in [0.25, 0.3) is 11.8 Å². The molecule has 1 atom stereocenters. The third-order valence-corrected chi connectivity index (χ3v) is 5.07. The average Bonchev–Trinajstić information content (AvgIpc) is 3.17. The number of imidazole rings is 1. The number of carbonyl (C=O) groups is 1. The van der Waals surface area contributed by atoms with E-state index >= 15 is 0 Å². The van der Waals surface area contributed by atoms with Gasteiger partial charge < -0.3 is 19.7 Å². The maximum Gasteiger partial charge on any atom is 0.244 e. The second-order valence-electron chi connectivity index (χ2n) is 8.09. The molecule has 0 spiro atoms. The van der Waals surface area contributed by atoms with Gasteiger partial charge in [-0.25, -0.2) is 4.98 Å². The second kappa shape index (κ2) is 9.62. The first-order valence-electron chi connectivity index (χ1n) is 10.2. The van der Waals surface area contributed by atoms with Gasteiger partial charge in [-0.05, 0) is 56.5 Å². The van der Waals surface area contributed by atoms with Crippen molar-refractivity contribution in [2.45, 2.75) is 38.8 Å². The molecule has 0 bridgehead atoms. The molecule has 1 heterocycles. The lowest BCUT2D eigenvalue weighted by Crippen LogP contribution is -2.50. The van der Waals surface area contributed by atoms with Gasteiger partial charge in [-0.2, -0.15) is 0 Å². The summed E-state index contributed by atoms with van der Waals surface area (Å²) >= 11 is 0. The highest BCUT2D eigenvalue weighted by Gasteiger charge is 2.28. The van der Waals surface area contributed by atoms with Crippen molar-refractivity contribution in [1.82, 2.24) is 14.9 Å². The van der Waals surface area contributed by atoms with E-state index < -0.39 is 11.6 Å². The van der Waals surface area contributed by atoms with Crippen molar-refractivity contribution in [3.05, 3.63) is 84.0 Å². The van der Waals surface area contributed by atoms with Gasteiger partial charge in [-0.1, -0.05) is 36.4 Å². The third-order valence-electron chi connectivity index (χ3n) is 5.07. The molecule has 31 heavy (non-hydrogen) atoms. The average molecular weight is 420 g/mol. The summed E-state index contributed by atoms with van der Waals surface area (Å²) in [4.78, 5) is 16.8. The van der Waals surface area contributed by atoms with E-state index in [1.54, 1.807) is 33.4 Å². The van der Waals surface area contributed by atoms with Gasteiger partial charge >= 0.3 is 0 Å². The van der Waals surface area contributed by atoms with Crippen LogP contribution in [-0.4, -0.2) is 39.3 Å². The van der Waals surface area contributed by atoms with Crippen molar-refractivity contribution in [2.24, 2.45) is 0 Å². The summed E-state index contributed by atoms with van der Waals surface area (Å²) in [6.45, 7) is 5.33. The largest absolute Gasteiger partial charge is 0.495 e. The number of hydrogen-bond donors (Lipinski definition) is 2. The molecular weight excluding hydrogens is 390 g/mol. The van der Waals surface area contributed by atoms with Crippen molar-refractivity contribution in [3.63, 3.8) is 0 Å². The number of rotatable bonds is 8. The quantitative estimate of drug-likeness (QED) is 0.546. The maximum atomic E-state index is 12.6. The highest BCUT2D eigenvalue weighted by Crippen LogP contribution is 2.25. The first-order chi connectivity index (χ1) is 14.8. The van der Waals surface area contributed by atoms with Gasteiger partial charge in [0, 0.05) is 12.3 Å². The Hall–Kier alpha value is -3.38. The molecule has 0 aliphatic rings. The summed E-state index contributed by atoms with van der Waals surface area (Å²) in [7, 11) is 1.61. The summed E-state index contributed by atoms with van der Waals surface area (Å²) in [6, 6.07) is 15.1. The van der Waals surface area contributed by atoms with Crippen LogP contribution in [0.1, 0.15) is 30.7 Å². The van der Waals surface area contributed by atoms with E-state index in [0.717, 1.165) is 22.5 Å². The zero-order chi connectivity index (χ0) is 22.4. The van der Waals surface area contributed by atoms with Crippen LogP contribution in [0.5, 0.6) is 5.75 Å².